The van der Waals surface area contributed by atoms with Crippen LogP contribution >= 0.6 is 11.6 Å². The molecule has 1 aliphatic rings. The van der Waals surface area contributed by atoms with Gasteiger partial charge in [0.05, 0.1) is 11.3 Å². The van der Waals surface area contributed by atoms with Crippen LogP contribution in [0.2, 0.25) is 5.02 Å². The van der Waals surface area contributed by atoms with Crippen molar-refractivity contribution < 1.29 is 21.8 Å². The molecular weight excluding hydrogens is 426 g/mol. The van der Waals surface area contributed by atoms with Crippen LogP contribution in [0.5, 0.6) is 5.75 Å². The molecule has 30 heavy (non-hydrogen) atoms. The zero-order valence-corrected chi connectivity index (χ0v) is 17.8. The molecule has 1 fully saturated rings. The zero-order valence-electron chi connectivity index (χ0n) is 16.2. The van der Waals surface area contributed by atoms with E-state index in [4.69, 9.17) is 20.2 Å². The van der Waals surface area contributed by atoms with Crippen LogP contribution in [0.4, 0.5) is 0 Å². The number of amides is 1. The summed E-state index contributed by atoms with van der Waals surface area (Å²) in [6.45, 7) is 2.06. The van der Waals surface area contributed by atoms with Crippen molar-refractivity contribution >= 4 is 27.6 Å². The minimum Gasteiger partial charge on any atom is -0.459 e. The highest BCUT2D eigenvalue weighted by atomic mass is 35.5. The first kappa shape index (κ1) is 20.5. The van der Waals surface area contributed by atoms with E-state index in [1.54, 1.807) is 60.4 Å². The normalized spacial score (nSPS) is 13.8. The third-order valence-corrected chi connectivity index (χ3v) is 6.76. The maximum atomic E-state index is 12.7. The van der Waals surface area contributed by atoms with Gasteiger partial charge in [-0.05, 0) is 61.2 Å². The number of hydrogen-bond acceptors (Lipinski definition) is 5. The van der Waals surface area contributed by atoms with Gasteiger partial charge in [-0.15, -0.1) is 0 Å². The van der Waals surface area contributed by atoms with Crippen molar-refractivity contribution in [2.45, 2.75) is 37.2 Å². The summed E-state index contributed by atoms with van der Waals surface area (Å²) in [5.41, 5.74) is 1.37. The Balaban J connectivity index is 1.49. The van der Waals surface area contributed by atoms with Crippen LogP contribution in [0.1, 0.15) is 34.5 Å². The number of rotatable bonds is 7. The monoisotopic (exact) mass is 445 g/mol. The Bertz CT molecular complexity index is 1130. The molecule has 8 heteroatoms. The Morgan fingerprint density at radius 2 is 1.87 bits per heavy atom. The lowest BCUT2D eigenvalue weighted by Gasteiger charge is -2.21. The molecule has 1 aliphatic carbocycles. The van der Waals surface area contributed by atoms with E-state index in [-0.39, 0.29) is 27.6 Å². The van der Waals surface area contributed by atoms with Gasteiger partial charge >= 0.3 is 10.1 Å². The van der Waals surface area contributed by atoms with Crippen molar-refractivity contribution in [3.8, 4) is 5.75 Å². The molecule has 0 N–H and O–H groups in total. The Morgan fingerprint density at radius 1 is 1.13 bits per heavy atom. The summed E-state index contributed by atoms with van der Waals surface area (Å²) >= 11 is 6.07. The van der Waals surface area contributed by atoms with Crippen LogP contribution in [-0.2, 0) is 16.7 Å². The molecule has 2 aromatic carbocycles. The van der Waals surface area contributed by atoms with E-state index in [0.717, 1.165) is 18.4 Å². The van der Waals surface area contributed by atoms with Gasteiger partial charge < -0.3 is 13.5 Å². The lowest BCUT2D eigenvalue weighted by molar-refractivity contribution is 0.0697. The van der Waals surface area contributed by atoms with Gasteiger partial charge in [0.25, 0.3) is 5.91 Å². The molecule has 0 radical (unpaired) electrons. The minimum atomic E-state index is -4.07. The van der Waals surface area contributed by atoms with Crippen LogP contribution in [0.15, 0.2) is 70.2 Å². The molecule has 3 aromatic rings. The van der Waals surface area contributed by atoms with Crippen molar-refractivity contribution in [3.63, 3.8) is 0 Å². The van der Waals surface area contributed by atoms with E-state index in [2.05, 4.69) is 0 Å². The van der Waals surface area contributed by atoms with E-state index in [1.165, 1.54) is 12.3 Å². The molecule has 4 rings (SSSR count). The maximum absolute atomic E-state index is 12.7. The number of aryl methyl sites for hydroxylation is 1. The average Bonchev–Trinajstić information content (AvgIpc) is 3.39. The van der Waals surface area contributed by atoms with Crippen molar-refractivity contribution in [2.24, 2.45) is 0 Å². The number of benzene rings is 2. The molecule has 0 spiro atoms. The van der Waals surface area contributed by atoms with Crippen LogP contribution in [0, 0.1) is 6.92 Å². The fourth-order valence-electron chi connectivity index (χ4n) is 3.24. The molecular formula is C22H20ClNO5S. The molecule has 1 amide bonds. The summed E-state index contributed by atoms with van der Waals surface area (Å²) in [5.74, 6) is 0.330. The molecule has 156 valence electrons. The predicted molar refractivity (Wildman–Crippen MR) is 112 cm³/mol. The van der Waals surface area contributed by atoms with E-state index in [1.807, 2.05) is 0 Å². The van der Waals surface area contributed by atoms with E-state index < -0.39 is 10.1 Å². The lowest BCUT2D eigenvalue weighted by atomic mass is 10.2. The fourth-order valence-corrected chi connectivity index (χ4v) is 4.97. The van der Waals surface area contributed by atoms with E-state index >= 15 is 0 Å². The molecule has 0 aliphatic heterocycles. The molecule has 6 nitrogen and oxygen atoms in total. The highest BCUT2D eigenvalue weighted by molar-refractivity contribution is 7.87. The Labute approximate surface area is 180 Å². The summed E-state index contributed by atoms with van der Waals surface area (Å²) in [4.78, 5) is 14.4. The summed E-state index contributed by atoms with van der Waals surface area (Å²) in [6, 6.07) is 15.0. The first-order chi connectivity index (χ1) is 14.3. The van der Waals surface area contributed by atoms with Crippen molar-refractivity contribution in [1.29, 1.82) is 0 Å². The van der Waals surface area contributed by atoms with Crippen LogP contribution in [0.25, 0.3) is 0 Å². The molecule has 1 aromatic heterocycles. The number of furan rings is 1. The van der Waals surface area contributed by atoms with Crippen LogP contribution < -0.4 is 4.18 Å². The Kier molecular flexibility index (Phi) is 5.58. The Hall–Kier alpha value is -2.77. The van der Waals surface area contributed by atoms with Gasteiger partial charge in [-0.3, -0.25) is 4.79 Å². The second-order valence-corrected chi connectivity index (χ2v) is 9.10. The molecule has 1 heterocycles. The first-order valence-corrected chi connectivity index (χ1v) is 11.3. The smallest absolute Gasteiger partial charge is 0.340 e. The zero-order chi connectivity index (χ0) is 21.3. The van der Waals surface area contributed by atoms with Gasteiger partial charge in [0.1, 0.15) is 10.6 Å². The van der Waals surface area contributed by atoms with Crippen LogP contribution in [0.3, 0.4) is 0 Å². The van der Waals surface area contributed by atoms with E-state index in [0.29, 0.717) is 17.9 Å². The second-order valence-electron chi connectivity index (χ2n) is 7.21. The SMILES string of the molecule is Cc1cccc(Cl)c1S(=O)(=O)Oc1ccc(CN(C(=O)c2ccco2)C2CC2)cc1. The second kappa shape index (κ2) is 8.16. The summed E-state index contributed by atoms with van der Waals surface area (Å²) in [7, 11) is -4.07. The maximum Gasteiger partial charge on any atom is 0.340 e. The summed E-state index contributed by atoms with van der Waals surface area (Å²) < 4.78 is 35.8. The van der Waals surface area contributed by atoms with Crippen molar-refractivity contribution in [3.05, 3.63) is 82.8 Å². The number of hydrogen-bond donors (Lipinski definition) is 0. The topological polar surface area (TPSA) is 76.8 Å². The Morgan fingerprint density at radius 3 is 2.47 bits per heavy atom. The average molecular weight is 446 g/mol. The largest absolute Gasteiger partial charge is 0.459 e. The van der Waals surface area contributed by atoms with Gasteiger partial charge in [-0.2, -0.15) is 8.42 Å². The van der Waals surface area contributed by atoms with Gasteiger partial charge in [0.2, 0.25) is 0 Å². The third kappa shape index (κ3) is 4.37. The molecule has 1 saturated carbocycles. The van der Waals surface area contributed by atoms with Gasteiger partial charge in [-0.25, -0.2) is 0 Å². The predicted octanol–water partition coefficient (Wildman–Crippen LogP) is 4.81. The third-order valence-electron chi connectivity index (χ3n) is 4.88. The van der Waals surface area contributed by atoms with Crippen molar-refractivity contribution in [1.82, 2.24) is 4.90 Å². The molecule has 0 saturated heterocycles. The number of carbonyl (C=O) groups is 1. The first-order valence-electron chi connectivity index (χ1n) is 9.48. The lowest BCUT2D eigenvalue weighted by Crippen LogP contribution is -2.32. The molecule has 0 unspecified atom stereocenters. The summed E-state index contributed by atoms with van der Waals surface area (Å²) in [5, 5.41) is 0.114. The highest BCUT2D eigenvalue weighted by Gasteiger charge is 2.34. The number of carbonyl (C=O) groups excluding carboxylic acids is 1. The number of nitrogens with zero attached hydrogens (tertiary/aromatic N) is 1. The molecule has 0 bridgehead atoms. The minimum absolute atomic E-state index is 0.0419. The van der Waals surface area contributed by atoms with Gasteiger partial charge in [0, 0.05) is 12.6 Å². The summed E-state index contributed by atoms with van der Waals surface area (Å²) in [6.07, 6.45) is 3.40. The van der Waals surface area contributed by atoms with E-state index in [9.17, 15) is 13.2 Å². The number of halogens is 1. The molecule has 0 atom stereocenters. The van der Waals surface area contributed by atoms with Gasteiger partial charge in [0.15, 0.2) is 5.76 Å². The van der Waals surface area contributed by atoms with Crippen molar-refractivity contribution in [2.75, 3.05) is 0 Å². The quantitative estimate of drug-likeness (QED) is 0.487. The standard InChI is InChI=1S/C22H20ClNO5S/c1-15-4-2-5-19(23)21(15)30(26,27)29-18-11-7-16(8-12-18)14-24(17-9-10-17)22(25)20-6-3-13-28-20/h2-8,11-13,17H,9-10,14H2,1H3. The fraction of sp³-hybridized carbons (Fsp3) is 0.227. The van der Waals surface area contributed by atoms with Crippen LogP contribution in [-0.4, -0.2) is 25.3 Å². The van der Waals surface area contributed by atoms with Gasteiger partial charge in [-0.1, -0.05) is 35.9 Å². The highest BCUT2D eigenvalue weighted by Crippen LogP contribution is 2.31.